The van der Waals surface area contributed by atoms with E-state index in [1.165, 1.54) is 6.20 Å². The molecule has 5 nitrogen and oxygen atoms in total. The first kappa shape index (κ1) is 15.3. The first-order valence-electron chi connectivity index (χ1n) is 6.75. The summed E-state index contributed by atoms with van der Waals surface area (Å²) in [6, 6.07) is 7.27. The van der Waals surface area contributed by atoms with Crippen LogP contribution in [0.3, 0.4) is 0 Å². The number of ether oxygens (including phenoxy) is 2. The summed E-state index contributed by atoms with van der Waals surface area (Å²) < 4.78 is 12.2. The van der Waals surface area contributed by atoms with Crippen molar-refractivity contribution in [2.45, 2.75) is 32.9 Å². The third-order valence-electron chi connectivity index (χ3n) is 2.93. The first-order valence-corrected chi connectivity index (χ1v) is 6.75. The second-order valence-corrected chi connectivity index (χ2v) is 5.81. The summed E-state index contributed by atoms with van der Waals surface area (Å²) in [6.45, 7) is 6.53. The van der Waals surface area contributed by atoms with Crippen LogP contribution in [0, 0.1) is 0 Å². The number of benzene rings is 1. The molecule has 1 aromatic carbocycles. The van der Waals surface area contributed by atoms with Gasteiger partial charge < -0.3 is 9.47 Å². The number of hydrogen-bond acceptors (Lipinski definition) is 4. The largest absolute Gasteiger partial charge is 0.423 e. The zero-order valence-corrected chi connectivity index (χ0v) is 12.8. The topological polar surface area (TPSA) is 53.4 Å². The highest BCUT2D eigenvalue weighted by molar-refractivity contribution is 5.90. The Labute approximate surface area is 124 Å². The Kier molecular flexibility index (Phi) is 4.43. The van der Waals surface area contributed by atoms with E-state index in [2.05, 4.69) is 5.10 Å². The van der Waals surface area contributed by atoms with Crippen molar-refractivity contribution < 1.29 is 14.3 Å². The molecular formula is C16H20N2O3. The van der Waals surface area contributed by atoms with Crippen molar-refractivity contribution in [3.8, 4) is 5.75 Å². The van der Waals surface area contributed by atoms with Gasteiger partial charge in [0, 0.05) is 13.3 Å². The Hall–Kier alpha value is -2.14. The van der Waals surface area contributed by atoms with Crippen LogP contribution >= 0.6 is 0 Å². The predicted octanol–water partition coefficient (Wildman–Crippen LogP) is 3.00. The number of hydrogen-bond donors (Lipinski definition) is 0. The standard InChI is InChI=1S/C16H20N2O3/c1-16(2,3)18-10-13(9-17-18)15(19)21-14-7-5-6-12(8-14)11-20-4/h5-10H,11H2,1-4H3. The molecule has 2 rings (SSSR count). The zero-order chi connectivity index (χ0) is 15.5. The summed E-state index contributed by atoms with van der Waals surface area (Å²) in [6.07, 6.45) is 3.22. The molecule has 0 fully saturated rings. The third kappa shape index (κ3) is 3.92. The van der Waals surface area contributed by atoms with Gasteiger partial charge in [-0.3, -0.25) is 4.68 Å². The lowest BCUT2D eigenvalue weighted by Gasteiger charge is -2.18. The van der Waals surface area contributed by atoms with Crippen LogP contribution in [0.5, 0.6) is 5.75 Å². The van der Waals surface area contributed by atoms with E-state index in [0.29, 0.717) is 17.9 Å². The maximum atomic E-state index is 12.1. The van der Waals surface area contributed by atoms with Crippen molar-refractivity contribution in [1.82, 2.24) is 9.78 Å². The van der Waals surface area contributed by atoms with Crippen LogP contribution in [-0.4, -0.2) is 22.9 Å². The van der Waals surface area contributed by atoms with Gasteiger partial charge in [0.1, 0.15) is 5.75 Å². The van der Waals surface area contributed by atoms with Gasteiger partial charge in [0.05, 0.1) is 23.9 Å². The number of methoxy groups -OCH3 is 1. The van der Waals surface area contributed by atoms with Crippen molar-refractivity contribution in [2.75, 3.05) is 7.11 Å². The molecule has 1 aromatic heterocycles. The van der Waals surface area contributed by atoms with Crippen molar-refractivity contribution in [3.63, 3.8) is 0 Å². The SMILES string of the molecule is COCc1cccc(OC(=O)c2cnn(C(C)(C)C)c2)c1. The molecule has 5 heteroatoms. The van der Waals surface area contributed by atoms with Crippen LogP contribution in [-0.2, 0) is 16.9 Å². The average molecular weight is 288 g/mol. The molecule has 1 heterocycles. The fourth-order valence-corrected chi connectivity index (χ4v) is 1.83. The summed E-state index contributed by atoms with van der Waals surface area (Å²) in [5, 5.41) is 4.19. The number of aromatic nitrogens is 2. The Bertz CT molecular complexity index is 626. The van der Waals surface area contributed by atoms with E-state index in [4.69, 9.17) is 9.47 Å². The molecule has 0 spiro atoms. The highest BCUT2D eigenvalue weighted by atomic mass is 16.5. The van der Waals surface area contributed by atoms with Gasteiger partial charge in [-0.1, -0.05) is 12.1 Å². The summed E-state index contributed by atoms with van der Waals surface area (Å²) in [5.41, 5.74) is 1.21. The van der Waals surface area contributed by atoms with Crippen LogP contribution in [0.2, 0.25) is 0 Å². The van der Waals surface area contributed by atoms with Gasteiger partial charge in [-0.05, 0) is 38.5 Å². The van der Waals surface area contributed by atoms with Gasteiger partial charge in [0.15, 0.2) is 0 Å². The van der Waals surface area contributed by atoms with Crippen LogP contribution in [0.15, 0.2) is 36.7 Å². The molecule has 0 unspecified atom stereocenters. The van der Waals surface area contributed by atoms with Crippen molar-refractivity contribution in [1.29, 1.82) is 0 Å². The molecule has 0 saturated carbocycles. The van der Waals surface area contributed by atoms with Crippen LogP contribution in [0.4, 0.5) is 0 Å². The molecule has 0 atom stereocenters. The van der Waals surface area contributed by atoms with E-state index >= 15 is 0 Å². The van der Waals surface area contributed by atoms with E-state index in [-0.39, 0.29) is 5.54 Å². The van der Waals surface area contributed by atoms with Crippen LogP contribution in [0.25, 0.3) is 0 Å². The Morgan fingerprint density at radius 2 is 2.10 bits per heavy atom. The van der Waals surface area contributed by atoms with E-state index in [1.54, 1.807) is 30.1 Å². The number of esters is 1. The second-order valence-electron chi connectivity index (χ2n) is 5.81. The van der Waals surface area contributed by atoms with Crippen LogP contribution in [0.1, 0.15) is 36.7 Å². The fraction of sp³-hybridized carbons (Fsp3) is 0.375. The smallest absolute Gasteiger partial charge is 0.346 e. The van der Waals surface area contributed by atoms with Gasteiger partial charge in [-0.25, -0.2) is 4.79 Å². The van der Waals surface area contributed by atoms with E-state index in [9.17, 15) is 4.79 Å². The highest BCUT2D eigenvalue weighted by Gasteiger charge is 2.18. The molecule has 0 bridgehead atoms. The van der Waals surface area contributed by atoms with Crippen LogP contribution < -0.4 is 4.74 Å². The third-order valence-corrected chi connectivity index (χ3v) is 2.93. The number of nitrogens with zero attached hydrogens (tertiary/aromatic N) is 2. The van der Waals surface area contributed by atoms with Crippen molar-refractivity contribution >= 4 is 5.97 Å². The highest BCUT2D eigenvalue weighted by Crippen LogP contribution is 2.17. The van der Waals surface area contributed by atoms with E-state index in [1.807, 2.05) is 32.9 Å². The Morgan fingerprint density at radius 1 is 1.33 bits per heavy atom. The summed E-state index contributed by atoms with van der Waals surface area (Å²) >= 11 is 0. The summed E-state index contributed by atoms with van der Waals surface area (Å²) in [5.74, 6) is 0.0816. The van der Waals surface area contributed by atoms with E-state index < -0.39 is 5.97 Å². The van der Waals surface area contributed by atoms with Gasteiger partial charge in [0.2, 0.25) is 0 Å². The van der Waals surface area contributed by atoms with Crippen molar-refractivity contribution in [3.05, 3.63) is 47.8 Å². The summed E-state index contributed by atoms with van der Waals surface area (Å²) in [7, 11) is 1.62. The maximum Gasteiger partial charge on any atom is 0.346 e. The predicted molar refractivity (Wildman–Crippen MR) is 79.3 cm³/mol. The van der Waals surface area contributed by atoms with Gasteiger partial charge in [-0.2, -0.15) is 5.10 Å². The second kappa shape index (κ2) is 6.10. The molecular weight excluding hydrogens is 268 g/mol. The van der Waals surface area contributed by atoms with E-state index in [0.717, 1.165) is 5.56 Å². The zero-order valence-electron chi connectivity index (χ0n) is 12.8. The molecule has 0 aliphatic rings. The minimum atomic E-state index is -0.417. The lowest BCUT2D eigenvalue weighted by molar-refractivity contribution is 0.0734. The van der Waals surface area contributed by atoms with Gasteiger partial charge >= 0.3 is 5.97 Å². The monoisotopic (exact) mass is 288 g/mol. The number of carbonyl (C=O) groups excluding carboxylic acids is 1. The molecule has 21 heavy (non-hydrogen) atoms. The summed E-state index contributed by atoms with van der Waals surface area (Å²) in [4.78, 5) is 12.1. The minimum Gasteiger partial charge on any atom is -0.423 e. The molecule has 0 amide bonds. The lowest BCUT2D eigenvalue weighted by atomic mass is 10.1. The lowest BCUT2D eigenvalue weighted by Crippen LogP contribution is -2.22. The first-order chi connectivity index (χ1) is 9.90. The molecule has 0 aliphatic carbocycles. The molecule has 112 valence electrons. The Balaban J connectivity index is 2.11. The molecule has 0 N–H and O–H groups in total. The minimum absolute atomic E-state index is 0.170. The maximum absolute atomic E-state index is 12.1. The van der Waals surface area contributed by atoms with Gasteiger partial charge in [-0.15, -0.1) is 0 Å². The van der Waals surface area contributed by atoms with Crippen molar-refractivity contribution in [2.24, 2.45) is 0 Å². The van der Waals surface area contributed by atoms with Gasteiger partial charge in [0.25, 0.3) is 0 Å². The number of rotatable bonds is 4. The molecule has 2 aromatic rings. The molecule has 0 aliphatic heterocycles. The normalized spacial score (nSPS) is 11.4. The molecule has 0 radical (unpaired) electrons. The Morgan fingerprint density at radius 3 is 2.71 bits per heavy atom. The quantitative estimate of drug-likeness (QED) is 0.641. The average Bonchev–Trinajstić information content (AvgIpc) is 2.89. The fourth-order valence-electron chi connectivity index (χ4n) is 1.83. The number of carbonyl (C=O) groups is 1. The molecule has 0 saturated heterocycles.